The minimum Gasteiger partial charge on any atom is -1.00 e. The van der Waals surface area contributed by atoms with Gasteiger partial charge in [0.15, 0.2) is 0 Å². The van der Waals surface area contributed by atoms with Crippen LogP contribution in [-0.2, 0) is 25.9 Å². The van der Waals surface area contributed by atoms with E-state index in [1.54, 1.807) is 32.1 Å². The first-order valence-electron chi connectivity index (χ1n) is 11.2. The van der Waals surface area contributed by atoms with E-state index in [0.717, 1.165) is 0 Å². The average molecular weight is 435 g/mol. The third-order valence-electron chi connectivity index (χ3n) is 6.67. The second kappa shape index (κ2) is 12.6. The lowest BCUT2D eigenvalue weighted by molar-refractivity contribution is -0.916. The SMILES string of the molecule is [Cl-].[Cl-].c1ccc2c(c1)CC[NH+](CCCCCCC[NH+]1CCc3ccccc3C1)C2. The summed E-state index contributed by atoms with van der Waals surface area (Å²) in [6, 6.07) is 18.1. The van der Waals surface area contributed by atoms with Crippen molar-refractivity contribution in [1.82, 2.24) is 0 Å². The fourth-order valence-corrected chi connectivity index (χ4v) is 4.99. The lowest BCUT2D eigenvalue weighted by Crippen LogP contribution is -3.11. The minimum atomic E-state index is 0. The standard InChI is InChI=1S/C25H34N2.2ClH/c1(2-8-16-26-18-14-22-10-4-6-12-24(22)20-26)3-9-17-27-19-15-23-11-5-7-13-25(23)21-27;;/h4-7,10-13H,1-3,8-9,14-21H2;2*1H. The summed E-state index contributed by atoms with van der Waals surface area (Å²) in [5.41, 5.74) is 6.35. The molecular weight excluding hydrogens is 399 g/mol. The highest BCUT2D eigenvalue weighted by molar-refractivity contribution is 5.28. The van der Waals surface area contributed by atoms with Gasteiger partial charge in [0.1, 0.15) is 13.1 Å². The molecule has 2 atom stereocenters. The van der Waals surface area contributed by atoms with Gasteiger partial charge in [0.05, 0.1) is 26.2 Å². The Morgan fingerprint density at radius 3 is 1.34 bits per heavy atom. The summed E-state index contributed by atoms with van der Waals surface area (Å²) in [6.07, 6.45) is 9.61. The van der Waals surface area contributed by atoms with E-state index in [2.05, 4.69) is 48.5 Å². The molecule has 0 radical (unpaired) electrons. The number of hydrogen-bond donors (Lipinski definition) is 2. The van der Waals surface area contributed by atoms with Gasteiger partial charge in [0, 0.05) is 24.0 Å². The number of fused-ring (bicyclic) bond motifs is 2. The van der Waals surface area contributed by atoms with Gasteiger partial charge in [-0.25, -0.2) is 0 Å². The van der Waals surface area contributed by atoms with Crippen molar-refractivity contribution < 1.29 is 34.6 Å². The van der Waals surface area contributed by atoms with Gasteiger partial charge in [-0.15, -0.1) is 0 Å². The second-order valence-corrected chi connectivity index (χ2v) is 8.66. The van der Waals surface area contributed by atoms with Crippen LogP contribution in [0.1, 0.15) is 54.4 Å². The first kappa shape index (κ1) is 24.2. The van der Waals surface area contributed by atoms with E-state index < -0.39 is 0 Å². The number of unbranched alkanes of at least 4 members (excludes halogenated alkanes) is 4. The molecule has 29 heavy (non-hydrogen) atoms. The van der Waals surface area contributed by atoms with Crippen molar-refractivity contribution in [3.05, 3.63) is 70.8 Å². The molecule has 0 fully saturated rings. The third kappa shape index (κ3) is 7.00. The van der Waals surface area contributed by atoms with Crippen LogP contribution in [0.4, 0.5) is 0 Å². The van der Waals surface area contributed by atoms with Gasteiger partial charge >= 0.3 is 0 Å². The third-order valence-corrected chi connectivity index (χ3v) is 6.67. The number of rotatable bonds is 8. The maximum absolute atomic E-state index is 2.33. The zero-order chi connectivity index (χ0) is 18.3. The number of nitrogens with one attached hydrogen (secondary N) is 2. The molecule has 2 aromatic carbocycles. The Labute approximate surface area is 189 Å². The molecule has 2 heterocycles. The molecule has 2 unspecified atom stereocenters. The molecule has 0 spiro atoms. The molecule has 160 valence electrons. The van der Waals surface area contributed by atoms with Gasteiger partial charge in [-0.2, -0.15) is 0 Å². The van der Waals surface area contributed by atoms with Crippen LogP contribution in [0.2, 0.25) is 0 Å². The van der Waals surface area contributed by atoms with Crippen LogP contribution in [0.25, 0.3) is 0 Å². The lowest BCUT2D eigenvalue weighted by Gasteiger charge is -2.26. The smallest absolute Gasteiger partial charge is 0.103 e. The predicted octanol–water partition coefficient (Wildman–Crippen LogP) is -3.77. The summed E-state index contributed by atoms with van der Waals surface area (Å²) in [5.74, 6) is 0. The summed E-state index contributed by atoms with van der Waals surface area (Å²) in [4.78, 5) is 3.59. The summed E-state index contributed by atoms with van der Waals surface area (Å²) >= 11 is 0. The summed E-state index contributed by atoms with van der Waals surface area (Å²) in [5, 5.41) is 0. The maximum Gasteiger partial charge on any atom is 0.103 e. The van der Waals surface area contributed by atoms with Gasteiger partial charge in [0.25, 0.3) is 0 Å². The predicted molar refractivity (Wildman–Crippen MR) is 112 cm³/mol. The molecule has 4 heteroatoms. The van der Waals surface area contributed by atoms with E-state index in [-0.39, 0.29) is 24.8 Å². The molecule has 2 N–H and O–H groups in total. The van der Waals surface area contributed by atoms with Crippen LogP contribution in [-0.4, -0.2) is 26.2 Å². The zero-order valence-electron chi connectivity index (χ0n) is 17.6. The van der Waals surface area contributed by atoms with Crippen molar-refractivity contribution in [2.75, 3.05) is 26.2 Å². The fourth-order valence-electron chi connectivity index (χ4n) is 4.99. The van der Waals surface area contributed by atoms with Crippen molar-refractivity contribution in [3.8, 4) is 0 Å². The highest BCUT2D eigenvalue weighted by Gasteiger charge is 2.19. The molecular formula is C25H36Cl2N2. The van der Waals surface area contributed by atoms with Crippen LogP contribution >= 0.6 is 0 Å². The highest BCUT2D eigenvalue weighted by Crippen LogP contribution is 2.11. The first-order valence-corrected chi connectivity index (χ1v) is 11.2. The summed E-state index contributed by atoms with van der Waals surface area (Å²) in [7, 11) is 0. The van der Waals surface area contributed by atoms with Crippen LogP contribution in [0.3, 0.4) is 0 Å². The molecule has 0 saturated carbocycles. The Kier molecular flexibility index (Phi) is 10.5. The van der Waals surface area contributed by atoms with Crippen molar-refractivity contribution in [2.24, 2.45) is 0 Å². The number of halogens is 2. The van der Waals surface area contributed by atoms with Crippen LogP contribution in [0.15, 0.2) is 48.5 Å². The van der Waals surface area contributed by atoms with Gasteiger partial charge in [-0.3, -0.25) is 0 Å². The van der Waals surface area contributed by atoms with Crippen LogP contribution in [0.5, 0.6) is 0 Å². The fraction of sp³-hybridized carbons (Fsp3) is 0.520. The number of benzene rings is 2. The highest BCUT2D eigenvalue weighted by atomic mass is 35.5. The molecule has 2 aliphatic rings. The van der Waals surface area contributed by atoms with Crippen molar-refractivity contribution in [2.45, 2.75) is 58.0 Å². The summed E-state index contributed by atoms with van der Waals surface area (Å²) in [6.45, 7) is 7.88. The lowest BCUT2D eigenvalue weighted by atomic mass is 9.99. The van der Waals surface area contributed by atoms with E-state index in [1.165, 1.54) is 84.2 Å². The zero-order valence-corrected chi connectivity index (χ0v) is 19.1. The van der Waals surface area contributed by atoms with Gasteiger partial charge in [-0.1, -0.05) is 55.0 Å². The maximum atomic E-state index is 2.33. The quantitative estimate of drug-likeness (QED) is 0.394. The van der Waals surface area contributed by atoms with E-state index in [0.29, 0.717) is 0 Å². The number of hydrogen-bond acceptors (Lipinski definition) is 0. The normalized spacial score (nSPS) is 20.0. The molecule has 0 amide bonds. The Hall–Kier alpha value is -1.06. The average Bonchev–Trinajstić information content (AvgIpc) is 2.73. The van der Waals surface area contributed by atoms with Crippen molar-refractivity contribution in [1.29, 1.82) is 0 Å². The Bertz CT molecular complexity index is 673. The molecule has 2 nitrogen and oxygen atoms in total. The number of quaternary nitrogens is 2. The van der Waals surface area contributed by atoms with Gasteiger partial charge < -0.3 is 34.6 Å². The Morgan fingerprint density at radius 1 is 0.517 bits per heavy atom. The van der Waals surface area contributed by atoms with Gasteiger partial charge in [0.2, 0.25) is 0 Å². The molecule has 4 rings (SSSR count). The van der Waals surface area contributed by atoms with Gasteiger partial charge in [-0.05, 0) is 36.8 Å². The molecule has 0 bridgehead atoms. The second-order valence-electron chi connectivity index (χ2n) is 8.66. The van der Waals surface area contributed by atoms with E-state index in [1.807, 2.05) is 0 Å². The van der Waals surface area contributed by atoms with Crippen LogP contribution < -0.4 is 34.6 Å². The van der Waals surface area contributed by atoms with Crippen molar-refractivity contribution >= 4 is 0 Å². The van der Waals surface area contributed by atoms with Crippen LogP contribution in [0, 0.1) is 0 Å². The molecule has 0 aliphatic carbocycles. The van der Waals surface area contributed by atoms with E-state index in [9.17, 15) is 0 Å². The summed E-state index contributed by atoms with van der Waals surface area (Å²) < 4.78 is 0. The molecule has 0 saturated heterocycles. The Balaban J connectivity index is 0.00000150. The molecule has 2 aromatic rings. The molecule has 2 aliphatic heterocycles. The van der Waals surface area contributed by atoms with E-state index >= 15 is 0 Å². The monoisotopic (exact) mass is 434 g/mol. The topological polar surface area (TPSA) is 8.88 Å². The largest absolute Gasteiger partial charge is 1.00 e. The minimum absolute atomic E-state index is 0. The Morgan fingerprint density at radius 2 is 0.897 bits per heavy atom. The first-order chi connectivity index (χ1) is 13.4. The van der Waals surface area contributed by atoms with Crippen molar-refractivity contribution in [3.63, 3.8) is 0 Å². The molecule has 0 aromatic heterocycles. The van der Waals surface area contributed by atoms with E-state index in [4.69, 9.17) is 0 Å².